The fraction of sp³-hybridized carbons (Fsp3) is 0.333. The Kier molecular flexibility index (Phi) is 2.97. The zero-order valence-electron chi connectivity index (χ0n) is 11.3. The van der Waals surface area contributed by atoms with Gasteiger partial charge in [0.25, 0.3) is 0 Å². The third kappa shape index (κ3) is 2.04. The fourth-order valence-electron chi connectivity index (χ4n) is 2.13. The zero-order chi connectivity index (χ0) is 14.1. The molecule has 0 radical (unpaired) electrons. The third-order valence-electron chi connectivity index (χ3n) is 3.08. The molecular formula is C12H15N7O. The van der Waals surface area contributed by atoms with E-state index in [1.54, 1.807) is 11.8 Å². The molecule has 0 atom stereocenters. The molecule has 0 aliphatic rings. The van der Waals surface area contributed by atoms with Gasteiger partial charge in [0.2, 0.25) is 11.8 Å². The number of aromatic nitrogens is 6. The molecular weight excluding hydrogens is 258 g/mol. The molecule has 3 heterocycles. The second-order valence-corrected chi connectivity index (χ2v) is 4.41. The van der Waals surface area contributed by atoms with Crippen LogP contribution in [0.5, 0.6) is 5.88 Å². The Morgan fingerprint density at radius 2 is 2.20 bits per heavy atom. The summed E-state index contributed by atoms with van der Waals surface area (Å²) in [6.07, 6.45) is 4.11. The predicted octanol–water partition coefficient (Wildman–Crippen LogP) is 0.393. The Morgan fingerprint density at radius 3 is 2.90 bits per heavy atom. The van der Waals surface area contributed by atoms with E-state index in [0.717, 1.165) is 12.1 Å². The maximum Gasteiger partial charge on any atom is 0.245 e. The molecule has 0 unspecified atom stereocenters. The molecule has 0 aliphatic heterocycles. The monoisotopic (exact) mass is 273 g/mol. The normalized spacial score (nSPS) is 11.1. The maximum atomic E-state index is 5.95. The van der Waals surface area contributed by atoms with E-state index in [0.29, 0.717) is 29.5 Å². The van der Waals surface area contributed by atoms with Crippen LogP contribution >= 0.6 is 0 Å². The van der Waals surface area contributed by atoms with Crippen LogP contribution in [0.3, 0.4) is 0 Å². The highest BCUT2D eigenvalue weighted by Crippen LogP contribution is 2.22. The Balaban J connectivity index is 1.93. The third-order valence-corrected chi connectivity index (χ3v) is 3.08. The van der Waals surface area contributed by atoms with Crippen molar-refractivity contribution in [3.05, 3.63) is 24.3 Å². The highest BCUT2D eigenvalue weighted by molar-refractivity contribution is 5.78. The minimum atomic E-state index is 0.398. The predicted molar refractivity (Wildman–Crippen MR) is 73.2 cm³/mol. The van der Waals surface area contributed by atoms with E-state index in [1.807, 2.05) is 23.9 Å². The molecule has 3 rings (SSSR count). The van der Waals surface area contributed by atoms with Gasteiger partial charge in [0.05, 0.1) is 12.8 Å². The number of ether oxygens (including phenoxy) is 1. The molecule has 8 nitrogen and oxygen atoms in total. The lowest BCUT2D eigenvalue weighted by Gasteiger charge is -2.04. The van der Waals surface area contributed by atoms with E-state index in [2.05, 4.69) is 20.1 Å². The SMILES string of the molecule is COc1ncnc2c1nc(N)n2CCc1ccn(C)n1. The number of rotatable bonds is 4. The molecule has 8 heteroatoms. The van der Waals surface area contributed by atoms with Crippen LogP contribution < -0.4 is 10.5 Å². The molecule has 0 amide bonds. The van der Waals surface area contributed by atoms with Gasteiger partial charge in [0.15, 0.2) is 11.2 Å². The van der Waals surface area contributed by atoms with Crippen molar-refractivity contribution in [1.82, 2.24) is 29.3 Å². The van der Waals surface area contributed by atoms with Crippen molar-refractivity contribution >= 4 is 17.1 Å². The van der Waals surface area contributed by atoms with Gasteiger partial charge in [-0.3, -0.25) is 9.25 Å². The summed E-state index contributed by atoms with van der Waals surface area (Å²) in [5, 5.41) is 4.34. The largest absolute Gasteiger partial charge is 0.479 e. The smallest absolute Gasteiger partial charge is 0.245 e. The highest BCUT2D eigenvalue weighted by Gasteiger charge is 2.14. The molecule has 104 valence electrons. The fourth-order valence-corrected chi connectivity index (χ4v) is 2.13. The molecule has 0 saturated heterocycles. The first-order valence-corrected chi connectivity index (χ1v) is 6.18. The summed E-state index contributed by atoms with van der Waals surface area (Å²) >= 11 is 0. The Labute approximate surface area is 115 Å². The van der Waals surface area contributed by atoms with E-state index in [-0.39, 0.29) is 0 Å². The molecule has 0 bridgehead atoms. The van der Waals surface area contributed by atoms with Crippen molar-refractivity contribution in [2.45, 2.75) is 13.0 Å². The summed E-state index contributed by atoms with van der Waals surface area (Å²) < 4.78 is 8.78. The van der Waals surface area contributed by atoms with Crippen LogP contribution in [0.4, 0.5) is 5.95 Å². The first-order valence-electron chi connectivity index (χ1n) is 6.18. The number of nitrogen functional groups attached to an aromatic ring is 1. The number of fused-ring (bicyclic) bond motifs is 1. The summed E-state index contributed by atoms with van der Waals surface area (Å²) in [5.41, 5.74) is 8.19. The van der Waals surface area contributed by atoms with Gasteiger partial charge in [-0.15, -0.1) is 0 Å². The molecule has 0 spiro atoms. The number of methoxy groups -OCH3 is 1. The van der Waals surface area contributed by atoms with Gasteiger partial charge in [-0.2, -0.15) is 10.1 Å². The minimum absolute atomic E-state index is 0.398. The Morgan fingerprint density at radius 1 is 1.35 bits per heavy atom. The van der Waals surface area contributed by atoms with Gasteiger partial charge in [-0.1, -0.05) is 0 Å². The van der Waals surface area contributed by atoms with E-state index in [9.17, 15) is 0 Å². The Bertz CT molecular complexity index is 745. The van der Waals surface area contributed by atoms with E-state index in [4.69, 9.17) is 10.5 Å². The van der Waals surface area contributed by atoms with Crippen molar-refractivity contribution in [3.8, 4) is 5.88 Å². The van der Waals surface area contributed by atoms with Crippen LogP contribution in [0.1, 0.15) is 5.69 Å². The van der Waals surface area contributed by atoms with Crippen LogP contribution in [0.15, 0.2) is 18.6 Å². The molecule has 3 aromatic heterocycles. The van der Waals surface area contributed by atoms with Crippen molar-refractivity contribution in [1.29, 1.82) is 0 Å². The second kappa shape index (κ2) is 4.80. The number of nitrogens with two attached hydrogens (primary N) is 1. The first kappa shape index (κ1) is 12.4. The van der Waals surface area contributed by atoms with Gasteiger partial charge >= 0.3 is 0 Å². The molecule has 3 aromatic rings. The average molecular weight is 273 g/mol. The molecule has 0 aliphatic carbocycles. The number of nitrogens with zero attached hydrogens (tertiary/aromatic N) is 6. The maximum absolute atomic E-state index is 5.95. The summed E-state index contributed by atoms with van der Waals surface area (Å²) in [4.78, 5) is 12.5. The lowest BCUT2D eigenvalue weighted by atomic mass is 10.3. The van der Waals surface area contributed by atoms with Gasteiger partial charge in [-0.25, -0.2) is 9.97 Å². The lowest BCUT2D eigenvalue weighted by Crippen LogP contribution is -2.07. The topological polar surface area (TPSA) is 96.7 Å². The van der Waals surface area contributed by atoms with Crippen LogP contribution in [-0.4, -0.2) is 36.4 Å². The number of hydrogen-bond donors (Lipinski definition) is 1. The van der Waals surface area contributed by atoms with Gasteiger partial charge in [0.1, 0.15) is 6.33 Å². The van der Waals surface area contributed by atoms with Crippen LogP contribution in [0.25, 0.3) is 11.2 Å². The molecule has 2 N–H and O–H groups in total. The second-order valence-electron chi connectivity index (χ2n) is 4.41. The first-order chi connectivity index (χ1) is 9.69. The lowest BCUT2D eigenvalue weighted by molar-refractivity contribution is 0.401. The molecule has 20 heavy (non-hydrogen) atoms. The van der Waals surface area contributed by atoms with Crippen molar-refractivity contribution in [3.63, 3.8) is 0 Å². The number of anilines is 1. The number of aryl methyl sites for hydroxylation is 3. The summed E-state index contributed by atoms with van der Waals surface area (Å²) in [5.74, 6) is 0.827. The Hall–Kier alpha value is -2.64. The van der Waals surface area contributed by atoms with Crippen molar-refractivity contribution in [2.75, 3.05) is 12.8 Å². The van der Waals surface area contributed by atoms with Gasteiger partial charge < -0.3 is 10.5 Å². The van der Waals surface area contributed by atoms with E-state index in [1.165, 1.54) is 6.33 Å². The van der Waals surface area contributed by atoms with E-state index >= 15 is 0 Å². The van der Waals surface area contributed by atoms with Gasteiger partial charge in [0, 0.05) is 26.2 Å². The highest BCUT2D eigenvalue weighted by atomic mass is 16.5. The van der Waals surface area contributed by atoms with Crippen LogP contribution in [0, 0.1) is 0 Å². The molecule has 0 saturated carbocycles. The quantitative estimate of drug-likeness (QED) is 0.738. The minimum Gasteiger partial charge on any atom is -0.479 e. The van der Waals surface area contributed by atoms with Gasteiger partial charge in [-0.05, 0) is 6.07 Å². The van der Waals surface area contributed by atoms with Crippen molar-refractivity contribution in [2.24, 2.45) is 7.05 Å². The zero-order valence-corrected chi connectivity index (χ0v) is 11.3. The van der Waals surface area contributed by atoms with E-state index < -0.39 is 0 Å². The van der Waals surface area contributed by atoms with Crippen LogP contribution in [-0.2, 0) is 20.0 Å². The number of imidazole rings is 1. The number of hydrogen-bond acceptors (Lipinski definition) is 6. The van der Waals surface area contributed by atoms with Crippen LogP contribution in [0.2, 0.25) is 0 Å². The standard InChI is InChI=1S/C12H15N7O/c1-18-5-3-8(17-18)4-6-19-10-9(16-12(19)13)11(20-2)15-7-14-10/h3,5,7H,4,6H2,1-2H3,(H2,13,16). The summed E-state index contributed by atoms with van der Waals surface area (Å²) in [7, 11) is 3.44. The van der Waals surface area contributed by atoms with Crippen molar-refractivity contribution < 1.29 is 4.74 Å². The molecule has 0 aromatic carbocycles. The molecule has 0 fully saturated rings. The summed E-state index contributed by atoms with van der Waals surface area (Å²) in [6, 6.07) is 1.98. The summed E-state index contributed by atoms with van der Waals surface area (Å²) in [6.45, 7) is 0.652. The average Bonchev–Trinajstić information content (AvgIpc) is 2.99.